The number of amides is 1. The van der Waals surface area contributed by atoms with Crippen LogP contribution in [0.5, 0.6) is 0 Å². The lowest BCUT2D eigenvalue weighted by Gasteiger charge is -2.07. The fourth-order valence-electron chi connectivity index (χ4n) is 0.873. The number of carbonyl (C=O) groups excluding carboxylic acids is 1. The Labute approximate surface area is 87.7 Å². The molecule has 0 fully saturated rings. The van der Waals surface area contributed by atoms with Crippen molar-refractivity contribution in [2.75, 3.05) is 6.54 Å². The van der Waals surface area contributed by atoms with Crippen molar-refractivity contribution in [1.82, 2.24) is 15.6 Å². The SMILES string of the molecule is CC(C)NCC(=O)NCc1cscn1. The van der Waals surface area contributed by atoms with Crippen molar-refractivity contribution in [1.29, 1.82) is 0 Å². The van der Waals surface area contributed by atoms with E-state index < -0.39 is 0 Å². The molecule has 5 heteroatoms. The maximum absolute atomic E-state index is 11.2. The molecule has 78 valence electrons. The average molecular weight is 213 g/mol. The van der Waals surface area contributed by atoms with E-state index in [0.717, 1.165) is 5.69 Å². The van der Waals surface area contributed by atoms with Crippen LogP contribution in [0.15, 0.2) is 10.9 Å². The molecule has 1 aromatic rings. The smallest absolute Gasteiger partial charge is 0.234 e. The molecule has 0 unspecified atom stereocenters. The van der Waals surface area contributed by atoms with Gasteiger partial charge in [0.2, 0.25) is 5.91 Å². The molecule has 2 N–H and O–H groups in total. The van der Waals surface area contributed by atoms with Gasteiger partial charge in [-0.05, 0) is 0 Å². The van der Waals surface area contributed by atoms with Gasteiger partial charge in [-0.2, -0.15) is 0 Å². The summed E-state index contributed by atoms with van der Waals surface area (Å²) < 4.78 is 0. The molecule has 0 radical (unpaired) electrons. The first-order valence-corrected chi connectivity index (χ1v) is 5.50. The van der Waals surface area contributed by atoms with Crippen molar-refractivity contribution in [2.45, 2.75) is 26.4 Å². The molecule has 1 rings (SSSR count). The van der Waals surface area contributed by atoms with Gasteiger partial charge in [-0.1, -0.05) is 13.8 Å². The van der Waals surface area contributed by atoms with E-state index in [-0.39, 0.29) is 5.91 Å². The maximum Gasteiger partial charge on any atom is 0.234 e. The second-order valence-electron chi connectivity index (χ2n) is 3.29. The number of thiazole rings is 1. The minimum atomic E-state index is 0.00620. The molecule has 1 heterocycles. The minimum Gasteiger partial charge on any atom is -0.349 e. The summed E-state index contributed by atoms with van der Waals surface area (Å²) in [6.07, 6.45) is 0. The monoisotopic (exact) mass is 213 g/mol. The first-order chi connectivity index (χ1) is 6.68. The van der Waals surface area contributed by atoms with E-state index in [9.17, 15) is 4.79 Å². The molecule has 0 aliphatic heterocycles. The predicted molar refractivity (Wildman–Crippen MR) is 57.1 cm³/mol. The highest BCUT2D eigenvalue weighted by Crippen LogP contribution is 1.99. The highest BCUT2D eigenvalue weighted by Gasteiger charge is 2.02. The van der Waals surface area contributed by atoms with Crippen LogP contribution in [-0.4, -0.2) is 23.5 Å². The van der Waals surface area contributed by atoms with Crippen molar-refractivity contribution in [2.24, 2.45) is 0 Å². The summed E-state index contributed by atoms with van der Waals surface area (Å²) in [6.45, 7) is 4.89. The summed E-state index contributed by atoms with van der Waals surface area (Å²) in [5.41, 5.74) is 2.67. The highest BCUT2D eigenvalue weighted by molar-refractivity contribution is 7.07. The Morgan fingerprint density at radius 1 is 1.64 bits per heavy atom. The van der Waals surface area contributed by atoms with Gasteiger partial charge < -0.3 is 10.6 Å². The van der Waals surface area contributed by atoms with Gasteiger partial charge in [0.25, 0.3) is 0 Å². The van der Waals surface area contributed by atoms with E-state index in [2.05, 4.69) is 15.6 Å². The molecule has 14 heavy (non-hydrogen) atoms. The zero-order valence-electron chi connectivity index (χ0n) is 8.41. The van der Waals surface area contributed by atoms with Crippen LogP contribution in [0.3, 0.4) is 0 Å². The van der Waals surface area contributed by atoms with Crippen LogP contribution in [0.4, 0.5) is 0 Å². The normalized spacial score (nSPS) is 10.5. The summed E-state index contributed by atoms with van der Waals surface area (Å²) in [5.74, 6) is 0.00620. The number of carbonyl (C=O) groups is 1. The summed E-state index contributed by atoms with van der Waals surface area (Å²) in [4.78, 5) is 15.3. The fourth-order valence-corrected chi connectivity index (χ4v) is 1.43. The third-order valence-corrected chi connectivity index (χ3v) is 2.26. The topological polar surface area (TPSA) is 54.0 Å². The van der Waals surface area contributed by atoms with Crippen molar-refractivity contribution < 1.29 is 4.79 Å². The number of hydrogen-bond acceptors (Lipinski definition) is 4. The highest BCUT2D eigenvalue weighted by atomic mass is 32.1. The first kappa shape index (κ1) is 11.1. The van der Waals surface area contributed by atoms with Crippen molar-refractivity contribution in [3.63, 3.8) is 0 Å². The van der Waals surface area contributed by atoms with Crippen LogP contribution >= 0.6 is 11.3 Å². The van der Waals surface area contributed by atoms with Crippen LogP contribution in [0.25, 0.3) is 0 Å². The van der Waals surface area contributed by atoms with Gasteiger partial charge in [0.05, 0.1) is 24.3 Å². The summed E-state index contributed by atoms with van der Waals surface area (Å²) >= 11 is 1.53. The van der Waals surface area contributed by atoms with Crippen molar-refractivity contribution in [3.8, 4) is 0 Å². The van der Waals surface area contributed by atoms with Crippen LogP contribution in [-0.2, 0) is 11.3 Å². The van der Waals surface area contributed by atoms with Gasteiger partial charge in [0, 0.05) is 11.4 Å². The standard InChI is InChI=1S/C9H15N3OS/c1-7(2)10-4-9(13)11-3-8-5-14-6-12-8/h5-7,10H,3-4H2,1-2H3,(H,11,13). The van der Waals surface area contributed by atoms with E-state index >= 15 is 0 Å². The molecule has 0 saturated heterocycles. The Hall–Kier alpha value is -0.940. The van der Waals surface area contributed by atoms with E-state index in [4.69, 9.17) is 0 Å². The van der Waals surface area contributed by atoms with E-state index in [0.29, 0.717) is 19.1 Å². The van der Waals surface area contributed by atoms with Gasteiger partial charge in [0.15, 0.2) is 0 Å². The second-order valence-corrected chi connectivity index (χ2v) is 4.01. The molecule has 0 aliphatic rings. The lowest BCUT2D eigenvalue weighted by atomic mass is 10.4. The lowest BCUT2D eigenvalue weighted by molar-refractivity contribution is -0.120. The first-order valence-electron chi connectivity index (χ1n) is 4.55. The van der Waals surface area contributed by atoms with E-state index in [1.807, 2.05) is 19.2 Å². The molecule has 4 nitrogen and oxygen atoms in total. The number of nitrogens with one attached hydrogen (secondary N) is 2. The summed E-state index contributed by atoms with van der Waals surface area (Å²) in [7, 11) is 0. The molecule has 0 aromatic carbocycles. The molecule has 1 aromatic heterocycles. The Morgan fingerprint density at radius 2 is 2.43 bits per heavy atom. The maximum atomic E-state index is 11.2. The molecule has 0 aliphatic carbocycles. The molecule has 0 bridgehead atoms. The zero-order chi connectivity index (χ0) is 10.4. The number of nitrogens with zero attached hydrogens (tertiary/aromatic N) is 1. The van der Waals surface area contributed by atoms with Crippen molar-refractivity contribution in [3.05, 3.63) is 16.6 Å². The van der Waals surface area contributed by atoms with Crippen molar-refractivity contribution >= 4 is 17.2 Å². The summed E-state index contributed by atoms with van der Waals surface area (Å²) in [6, 6.07) is 0.333. The zero-order valence-corrected chi connectivity index (χ0v) is 9.23. The van der Waals surface area contributed by atoms with Gasteiger partial charge in [0.1, 0.15) is 0 Å². The molecule has 0 atom stereocenters. The minimum absolute atomic E-state index is 0.00620. The molecule has 0 spiro atoms. The predicted octanol–water partition coefficient (Wildman–Crippen LogP) is 0.757. The number of rotatable bonds is 5. The number of hydrogen-bond donors (Lipinski definition) is 2. The quantitative estimate of drug-likeness (QED) is 0.759. The lowest BCUT2D eigenvalue weighted by Crippen LogP contribution is -2.36. The van der Waals surface area contributed by atoms with E-state index in [1.165, 1.54) is 11.3 Å². The Morgan fingerprint density at radius 3 is 3.00 bits per heavy atom. The molecule has 1 amide bonds. The Bertz CT molecular complexity index is 272. The Kier molecular flexibility index (Phi) is 4.55. The van der Waals surface area contributed by atoms with Crippen LogP contribution in [0.1, 0.15) is 19.5 Å². The van der Waals surface area contributed by atoms with Gasteiger partial charge in [-0.25, -0.2) is 4.98 Å². The third-order valence-electron chi connectivity index (χ3n) is 1.62. The van der Waals surface area contributed by atoms with Crippen LogP contribution in [0.2, 0.25) is 0 Å². The largest absolute Gasteiger partial charge is 0.349 e. The molecular weight excluding hydrogens is 198 g/mol. The van der Waals surface area contributed by atoms with Gasteiger partial charge in [-0.15, -0.1) is 11.3 Å². The second kappa shape index (κ2) is 5.72. The van der Waals surface area contributed by atoms with E-state index in [1.54, 1.807) is 5.51 Å². The molecular formula is C9H15N3OS. The molecule has 0 saturated carbocycles. The average Bonchev–Trinajstić information content (AvgIpc) is 2.63. The van der Waals surface area contributed by atoms with Crippen LogP contribution in [0, 0.1) is 0 Å². The fraction of sp³-hybridized carbons (Fsp3) is 0.556. The van der Waals surface area contributed by atoms with Gasteiger partial charge >= 0.3 is 0 Å². The summed E-state index contributed by atoms with van der Waals surface area (Å²) in [5, 5.41) is 7.76. The van der Waals surface area contributed by atoms with Gasteiger partial charge in [-0.3, -0.25) is 4.79 Å². The van der Waals surface area contributed by atoms with Crippen LogP contribution < -0.4 is 10.6 Å². The third kappa shape index (κ3) is 4.34. The Balaban J connectivity index is 2.15. The number of aromatic nitrogens is 1.